The van der Waals surface area contributed by atoms with Gasteiger partial charge in [-0.2, -0.15) is 10.2 Å². The number of Topliss-reactive ketones (excluding diaryl/α,β-unsaturated/α-hetero) is 1. The number of nitrogens with zero attached hydrogens (tertiary/aromatic N) is 6. The first-order valence-electron chi connectivity index (χ1n) is 13.7. The highest BCUT2D eigenvalue weighted by Gasteiger charge is 2.26. The number of ketones is 1. The molecule has 1 saturated heterocycles. The van der Waals surface area contributed by atoms with E-state index in [1.807, 2.05) is 48.9 Å². The van der Waals surface area contributed by atoms with Crippen molar-refractivity contribution in [3.05, 3.63) is 63.6 Å². The highest BCUT2D eigenvalue weighted by molar-refractivity contribution is 5.96. The minimum atomic E-state index is -0.338. The summed E-state index contributed by atoms with van der Waals surface area (Å²) in [4.78, 5) is 30.4. The summed E-state index contributed by atoms with van der Waals surface area (Å²) in [6, 6.07) is 11.4. The van der Waals surface area contributed by atoms with Crippen LogP contribution in [-0.4, -0.2) is 68.6 Å². The maximum atomic E-state index is 13.1. The number of carbonyl (C=O) groups excluding carboxylic acids is 1. The van der Waals surface area contributed by atoms with Crippen LogP contribution in [0.3, 0.4) is 0 Å². The molecule has 10 heteroatoms. The van der Waals surface area contributed by atoms with Gasteiger partial charge in [-0.1, -0.05) is 38.1 Å². The fourth-order valence-corrected chi connectivity index (χ4v) is 5.45. The Kier molecular flexibility index (Phi) is 7.59. The number of carbonyl (C=O) groups is 1. The lowest BCUT2D eigenvalue weighted by Crippen LogP contribution is -2.38. The van der Waals surface area contributed by atoms with E-state index in [-0.39, 0.29) is 29.3 Å². The van der Waals surface area contributed by atoms with E-state index in [0.29, 0.717) is 30.0 Å². The molecule has 0 spiro atoms. The third kappa shape index (κ3) is 5.91. The van der Waals surface area contributed by atoms with Crippen LogP contribution in [0.2, 0.25) is 0 Å². The Morgan fingerprint density at radius 3 is 2.62 bits per heavy atom. The van der Waals surface area contributed by atoms with Gasteiger partial charge < -0.3 is 15.3 Å². The van der Waals surface area contributed by atoms with Crippen LogP contribution < -0.4 is 15.8 Å². The number of aliphatic hydroxyl groups is 1. The molecular formula is C29H39N7O3. The van der Waals surface area contributed by atoms with Crippen molar-refractivity contribution in [3.8, 4) is 0 Å². The van der Waals surface area contributed by atoms with Crippen molar-refractivity contribution in [3.63, 3.8) is 0 Å². The second-order valence-corrected chi connectivity index (χ2v) is 11.7. The van der Waals surface area contributed by atoms with Gasteiger partial charge in [-0.15, -0.1) is 0 Å². The number of likely N-dealkylation sites (N-methyl/N-ethyl adjacent to an activating group) is 1. The standard InChI is InChI=1S/C29H39N7O3/c1-29(2,19-37)22-9-7-21(8-10-22)25(38)14-20-6-5-11-35(17-20)27-16-24(28(39)34(4)32-27)30-26-15-23-18-33(3)12-13-36(23)31-26/h7-10,15-16,20,37H,5-6,11-14,17-19H2,1-4H3,(H,30,31). The molecule has 4 heterocycles. The first-order chi connectivity index (χ1) is 18.6. The van der Waals surface area contributed by atoms with Crippen molar-refractivity contribution in [2.45, 2.75) is 51.6 Å². The number of hydrogen-bond acceptors (Lipinski definition) is 8. The zero-order valence-electron chi connectivity index (χ0n) is 23.4. The van der Waals surface area contributed by atoms with Gasteiger partial charge in [0.05, 0.1) is 18.8 Å². The van der Waals surface area contributed by atoms with Crippen molar-refractivity contribution in [2.24, 2.45) is 13.0 Å². The highest BCUT2D eigenvalue weighted by atomic mass is 16.3. The lowest BCUT2D eigenvalue weighted by Gasteiger charge is -2.33. The summed E-state index contributed by atoms with van der Waals surface area (Å²) >= 11 is 0. The molecule has 2 aromatic heterocycles. The summed E-state index contributed by atoms with van der Waals surface area (Å²) < 4.78 is 3.35. The Balaban J connectivity index is 1.27. The molecule has 1 atom stereocenters. The van der Waals surface area contributed by atoms with Gasteiger partial charge >= 0.3 is 0 Å². The topological polar surface area (TPSA) is 109 Å². The summed E-state index contributed by atoms with van der Waals surface area (Å²) in [5, 5.41) is 22.0. The molecule has 1 unspecified atom stereocenters. The smallest absolute Gasteiger partial charge is 0.290 e. The third-order valence-electron chi connectivity index (χ3n) is 8.00. The van der Waals surface area contributed by atoms with Crippen LogP contribution >= 0.6 is 0 Å². The summed E-state index contributed by atoms with van der Waals surface area (Å²) in [5.74, 6) is 1.70. The van der Waals surface area contributed by atoms with E-state index in [1.54, 1.807) is 13.1 Å². The van der Waals surface area contributed by atoms with Crippen LogP contribution in [-0.2, 0) is 25.6 Å². The number of fused-ring (bicyclic) bond motifs is 1. The number of aryl methyl sites for hydroxylation is 1. The molecule has 5 rings (SSSR count). The van der Waals surface area contributed by atoms with Gasteiger partial charge in [0.2, 0.25) is 0 Å². The van der Waals surface area contributed by atoms with E-state index in [2.05, 4.69) is 32.4 Å². The summed E-state index contributed by atoms with van der Waals surface area (Å²) in [6.45, 7) is 8.14. The number of nitrogens with one attached hydrogen (secondary N) is 1. The van der Waals surface area contributed by atoms with Crippen LogP contribution in [0.15, 0.2) is 41.2 Å². The molecule has 0 radical (unpaired) electrons. The minimum absolute atomic E-state index is 0.0520. The molecule has 2 N–H and O–H groups in total. The number of aromatic nitrogens is 4. The predicted octanol–water partition coefficient (Wildman–Crippen LogP) is 2.93. The maximum Gasteiger partial charge on any atom is 0.290 e. The molecule has 0 bridgehead atoms. The number of rotatable bonds is 8. The Morgan fingerprint density at radius 1 is 1.10 bits per heavy atom. The van der Waals surface area contributed by atoms with Gasteiger partial charge in [0, 0.05) is 62.8 Å². The van der Waals surface area contributed by atoms with Gasteiger partial charge in [-0.25, -0.2) is 4.68 Å². The highest BCUT2D eigenvalue weighted by Crippen LogP contribution is 2.28. The normalized spacial score (nSPS) is 18.2. The van der Waals surface area contributed by atoms with Crippen molar-refractivity contribution in [1.29, 1.82) is 0 Å². The van der Waals surface area contributed by atoms with Gasteiger partial charge in [0.25, 0.3) is 5.56 Å². The molecular weight excluding hydrogens is 494 g/mol. The quantitative estimate of drug-likeness (QED) is 0.426. The summed E-state index contributed by atoms with van der Waals surface area (Å²) in [6.07, 6.45) is 2.39. The average molecular weight is 534 g/mol. The van der Waals surface area contributed by atoms with Gasteiger partial charge in [-0.3, -0.25) is 19.2 Å². The first-order valence-corrected chi connectivity index (χ1v) is 13.7. The van der Waals surface area contributed by atoms with Crippen molar-refractivity contribution >= 4 is 23.1 Å². The van der Waals surface area contributed by atoms with Crippen LogP contribution in [0, 0.1) is 5.92 Å². The van der Waals surface area contributed by atoms with Crippen LogP contribution in [0.5, 0.6) is 0 Å². The zero-order valence-corrected chi connectivity index (χ0v) is 23.4. The number of hydrogen-bond donors (Lipinski definition) is 2. The predicted molar refractivity (Wildman–Crippen MR) is 152 cm³/mol. The zero-order chi connectivity index (χ0) is 27.7. The number of piperidine rings is 1. The Morgan fingerprint density at radius 2 is 1.87 bits per heavy atom. The first kappa shape index (κ1) is 27.1. The average Bonchev–Trinajstić information content (AvgIpc) is 3.32. The van der Waals surface area contributed by atoms with Gasteiger partial charge in [0.15, 0.2) is 17.4 Å². The van der Waals surface area contributed by atoms with Crippen LogP contribution in [0.4, 0.5) is 17.3 Å². The lowest BCUT2D eigenvalue weighted by atomic mass is 9.84. The van der Waals surface area contributed by atoms with Crippen molar-refractivity contribution in [1.82, 2.24) is 24.5 Å². The van der Waals surface area contributed by atoms with E-state index in [0.717, 1.165) is 56.1 Å². The van der Waals surface area contributed by atoms with Crippen molar-refractivity contribution in [2.75, 3.05) is 43.5 Å². The monoisotopic (exact) mass is 533 g/mol. The number of anilines is 3. The molecule has 10 nitrogen and oxygen atoms in total. The fraction of sp³-hybridized carbons (Fsp3) is 0.517. The van der Waals surface area contributed by atoms with Crippen molar-refractivity contribution < 1.29 is 9.90 Å². The van der Waals surface area contributed by atoms with Crippen LogP contribution in [0.25, 0.3) is 0 Å². The third-order valence-corrected chi connectivity index (χ3v) is 8.00. The Labute approximate surface area is 229 Å². The Bertz CT molecular complexity index is 1390. The Hall–Kier alpha value is -3.50. The van der Waals surface area contributed by atoms with Gasteiger partial charge in [-0.05, 0) is 31.4 Å². The van der Waals surface area contributed by atoms with E-state index >= 15 is 0 Å². The molecule has 1 fully saturated rings. The van der Waals surface area contributed by atoms with E-state index in [1.165, 1.54) is 4.68 Å². The van der Waals surface area contributed by atoms with Crippen LogP contribution in [0.1, 0.15) is 54.7 Å². The molecule has 1 aromatic carbocycles. The van der Waals surface area contributed by atoms with Gasteiger partial charge in [0.1, 0.15) is 5.69 Å². The van der Waals surface area contributed by atoms with E-state index in [9.17, 15) is 14.7 Å². The molecule has 3 aromatic rings. The second-order valence-electron chi connectivity index (χ2n) is 11.7. The largest absolute Gasteiger partial charge is 0.395 e. The number of benzene rings is 1. The summed E-state index contributed by atoms with van der Waals surface area (Å²) in [5.41, 5.74) is 2.72. The SMILES string of the molecule is CN1CCn2nc(Nc3cc(N4CCCC(CC(=O)c5ccc(C(C)(C)CO)cc5)C4)nn(C)c3=O)cc2C1. The molecule has 0 saturated carbocycles. The molecule has 39 heavy (non-hydrogen) atoms. The summed E-state index contributed by atoms with van der Waals surface area (Å²) in [7, 11) is 3.75. The molecule has 208 valence electrons. The van der Waals surface area contributed by atoms with E-state index < -0.39 is 0 Å². The fourth-order valence-electron chi connectivity index (χ4n) is 5.45. The molecule has 2 aliphatic rings. The minimum Gasteiger partial charge on any atom is -0.395 e. The maximum absolute atomic E-state index is 13.1. The molecule has 0 aliphatic carbocycles. The number of aliphatic hydroxyl groups excluding tert-OH is 1. The second kappa shape index (κ2) is 10.9. The lowest BCUT2D eigenvalue weighted by molar-refractivity contribution is 0.0956. The molecule has 2 aliphatic heterocycles. The molecule has 0 amide bonds. The van der Waals surface area contributed by atoms with E-state index in [4.69, 9.17) is 0 Å².